The largest absolute Gasteiger partial charge is 0.416 e. The minimum absolute atomic E-state index is 0.0889. The first kappa shape index (κ1) is 18.6. The van der Waals surface area contributed by atoms with Crippen LogP contribution in [0, 0.1) is 13.8 Å². The van der Waals surface area contributed by atoms with Crippen LogP contribution in [0.25, 0.3) is 11.5 Å². The van der Waals surface area contributed by atoms with Gasteiger partial charge in [0.25, 0.3) is 5.56 Å². The van der Waals surface area contributed by atoms with Gasteiger partial charge in [0.15, 0.2) is 17.3 Å². The molecule has 0 aliphatic rings. The van der Waals surface area contributed by atoms with Gasteiger partial charge in [-0.1, -0.05) is 6.07 Å². The summed E-state index contributed by atoms with van der Waals surface area (Å²) in [5, 5.41) is 15.1. The summed E-state index contributed by atoms with van der Waals surface area (Å²) in [7, 11) is 0. The quantitative estimate of drug-likeness (QED) is 0.534. The second-order valence-electron chi connectivity index (χ2n) is 6.31. The van der Waals surface area contributed by atoms with Gasteiger partial charge in [-0.3, -0.25) is 14.9 Å². The number of aromatic nitrogens is 6. The third-order valence-corrected chi connectivity index (χ3v) is 4.27. The number of alkyl halides is 3. The Morgan fingerprint density at radius 1 is 1.14 bits per heavy atom. The Kier molecular flexibility index (Phi) is 4.29. The fourth-order valence-electron chi connectivity index (χ4n) is 2.78. The number of aryl methyl sites for hydroxylation is 2. The van der Waals surface area contributed by atoms with Crippen molar-refractivity contribution in [2.75, 3.05) is 0 Å². The van der Waals surface area contributed by atoms with Crippen LogP contribution in [0.15, 0.2) is 46.2 Å². The first-order valence-electron chi connectivity index (χ1n) is 8.46. The van der Waals surface area contributed by atoms with Crippen molar-refractivity contribution in [2.24, 2.45) is 4.99 Å². The number of nitrogens with one attached hydrogen (secondary N) is 1. The average molecular weight is 401 g/mol. The van der Waals surface area contributed by atoms with Crippen molar-refractivity contribution in [3.8, 4) is 5.82 Å². The van der Waals surface area contributed by atoms with Crippen LogP contribution in [-0.2, 0) is 6.18 Å². The SMILES string of the molecule is Cc1[nH]n(-c2ccc3nnc(C)n3n2)c(=O)c1C=Nc1cccc(C(F)(F)F)c1. The standard InChI is InChI=1S/C18H14F3N7O/c1-10-14(9-22-13-5-3-4-12(8-13)18(19,20)21)17(29)28(25-10)16-7-6-15-24-23-11(2)27(15)26-16/h3-9,25H,1-2H3. The maximum atomic E-state index is 12.8. The first-order valence-corrected chi connectivity index (χ1v) is 8.46. The highest BCUT2D eigenvalue weighted by Gasteiger charge is 2.30. The molecule has 0 bridgehead atoms. The zero-order chi connectivity index (χ0) is 20.8. The Balaban J connectivity index is 1.71. The van der Waals surface area contributed by atoms with Crippen LogP contribution >= 0.6 is 0 Å². The molecule has 0 spiro atoms. The topological polar surface area (TPSA) is 93.2 Å². The molecule has 0 radical (unpaired) electrons. The number of hydrogen-bond acceptors (Lipinski definition) is 5. The van der Waals surface area contributed by atoms with Crippen molar-refractivity contribution >= 4 is 17.5 Å². The van der Waals surface area contributed by atoms with Gasteiger partial charge < -0.3 is 0 Å². The molecule has 0 aliphatic carbocycles. The Morgan fingerprint density at radius 2 is 1.93 bits per heavy atom. The molecular formula is C18H14F3N7O. The number of halogens is 3. The monoisotopic (exact) mass is 401 g/mol. The molecule has 3 aromatic heterocycles. The van der Waals surface area contributed by atoms with Gasteiger partial charge in [0, 0.05) is 11.9 Å². The fraction of sp³-hybridized carbons (Fsp3) is 0.167. The smallest absolute Gasteiger partial charge is 0.293 e. The lowest BCUT2D eigenvalue weighted by atomic mass is 10.2. The number of rotatable bonds is 3. The second kappa shape index (κ2) is 6.69. The number of aliphatic imine (C=N–C) groups is 1. The summed E-state index contributed by atoms with van der Waals surface area (Å²) in [4.78, 5) is 16.8. The van der Waals surface area contributed by atoms with Crippen molar-refractivity contribution in [1.29, 1.82) is 0 Å². The zero-order valence-electron chi connectivity index (χ0n) is 15.3. The summed E-state index contributed by atoms with van der Waals surface area (Å²) in [5.41, 5.74) is 0.0887. The number of nitrogens with zero attached hydrogens (tertiary/aromatic N) is 6. The molecule has 0 unspecified atom stereocenters. The molecule has 8 nitrogen and oxygen atoms in total. The third kappa shape index (κ3) is 3.42. The van der Waals surface area contributed by atoms with Crippen LogP contribution in [0.1, 0.15) is 22.6 Å². The zero-order valence-corrected chi connectivity index (χ0v) is 15.3. The minimum Gasteiger partial charge on any atom is -0.293 e. The molecule has 0 aliphatic heterocycles. The minimum atomic E-state index is -4.47. The number of aromatic amines is 1. The van der Waals surface area contributed by atoms with E-state index in [0.29, 0.717) is 23.0 Å². The predicted octanol–water partition coefficient (Wildman–Crippen LogP) is 2.99. The van der Waals surface area contributed by atoms with Crippen LogP contribution < -0.4 is 5.56 Å². The van der Waals surface area contributed by atoms with E-state index in [4.69, 9.17) is 0 Å². The van der Waals surface area contributed by atoms with Gasteiger partial charge >= 0.3 is 6.18 Å². The molecule has 148 valence electrons. The molecule has 0 fully saturated rings. The summed E-state index contributed by atoms with van der Waals surface area (Å²) >= 11 is 0. The van der Waals surface area contributed by atoms with Crippen LogP contribution in [0.3, 0.4) is 0 Å². The van der Waals surface area contributed by atoms with Gasteiger partial charge in [0.1, 0.15) is 0 Å². The Hall–Kier alpha value is -3.76. The van der Waals surface area contributed by atoms with Gasteiger partial charge in [0.2, 0.25) is 0 Å². The predicted molar refractivity (Wildman–Crippen MR) is 98.9 cm³/mol. The van der Waals surface area contributed by atoms with Crippen LogP contribution in [0.5, 0.6) is 0 Å². The molecule has 11 heteroatoms. The second-order valence-corrected chi connectivity index (χ2v) is 6.31. The van der Waals surface area contributed by atoms with Gasteiger partial charge in [-0.2, -0.15) is 22.4 Å². The molecule has 3 heterocycles. The summed E-state index contributed by atoms with van der Waals surface area (Å²) in [6, 6.07) is 7.84. The molecule has 0 atom stereocenters. The van der Waals surface area contributed by atoms with Crippen LogP contribution in [0.4, 0.5) is 18.9 Å². The van der Waals surface area contributed by atoms with E-state index >= 15 is 0 Å². The number of benzene rings is 1. The maximum absolute atomic E-state index is 12.8. The first-order chi connectivity index (χ1) is 13.7. The summed E-state index contributed by atoms with van der Waals surface area (Å²) in [6.07, 6.45) is -3.23. The van der Waals surface area contributed by atoms with E-state index in [1.807, 2.05) is 0 Å². The van der Waals surface area contributed by atoms with Crippen LogP contribution in [0.2, 0.25) is 0 Å². The van der Waals surface area contributed by atoms with Crippen molar-refractivity contribution in [3.05, 3.63) is 69.4 Å². The molecule has 1 aromatic carbocycles. The highest BCUT2D eigenvalue weighted by atomic mass is 19.4. The van der Waals surface area contributed by atoms with E-state index in [9.17, 15) is 18.0 Å². The molecular weight excluding hydrogens is 387 g/mol. The van der Waals surface area contributed by atoms with E-state index in [2.05, 4.69) is 25.4 Å². The van der Waals surface area contributed by atoms with Gasteiger partial charge in [-0.25, -0.2) is 0 Å². The lowest BCUT2D eigenvalue weighted by Crippen LogP contribution is -2.19. The van der Waals surface area contributed by atoms with Gasteiger partial charge in [-0.05, 0) is 44.2 Å². The molecule has 1 N–H and O–H groups in total. The highest BCUT2D eigenvalue weighted by Crippen LogP contribution is 2.31. The summed E-state index contributed by atoms with van der Waals surface area (Å²) in [6.45, 7) is 3.39. The number of fused-ring (bicyclic) bond motifs is 1. The average Bonchev–Trinajstić information content (AvgIpc) is 3.19. The lowest BCUT2D eigenvalue weighted by molar-refractivity contribution is -0.137. The van der Waals surface area contributed by atoms with Gasteiger partial charge in [-0.15, -0.1) is 15.3 Å². The Morgan fingerprint density at radius 3 is 2.69 bits per heavy atom. The van der Waals surface area contributed by atoms with Crippen molar-refractivity contribution in [3.63, 3.8) is 0 Å². The van der Waals surface area contributed by atoms with Gasteiger partial charge in [0.05, 0.1) is 16.8 Å². The molecule has 0 saturated heterocycles. The highest BCUT2D eigenvalue weighted by molar-refractivity contribution is 5.83. The normalized spacial score (nSPS) is 12.3. The number of H-pyrrole nitrogens is 1. The van der Waals surface area contributed by atoms with E-state index in [0.717, 1.165) is 12.1 Å². The molecule has 29 heavy (non-hydrogen) atoms. The molecule has 0 saturated carbocycles. The van der Waals surface area contributed by atoms with Crippen molar-refractivity contribution in [1.82, 2.24) is 29.6 Å². The number of hydrogen-bond donors (Lipinski definition) is 1. The van der Waals surface area contributed by atoms with Crippen molar-refractivity contribution in [2.45, 2.75) is 20.0 Å². The fourth-order valence-corrected chi connectivity index (χ4v) is 2.78. The Bertz CT molecular complexity index is 1300. The van der Waals surface area contributed by atoms with Crippen LogP contribution in [-0.4, -0.2) is 35.8 Å². The van der Waals surface area contributed by atoms with E-state index in [1.54, 1.807) is 26.0 Å². The molecule has 4 rings (SSSR count). The third-order valence-electron chi connectivity index (χ3n) is 4.27. The Labute approximate surface area is 161 Å². The summed E-state index contributed by atoms with van der Waals surface area (Å²) in [5.74, 6) is 0.872. The van der Waals surface area contributed by atoms with E-state index in [1.165, 1.54) is 27.5 Å². The molecule has 4 aromatic rings. The molecule has 0 amide bonds. The summed E-state index contributed by atoms with van der Waals surface area (Å²) < 4.78 is 41.2. The maximum Gasteiger partial charge on any atom is 0.416 e. The van der Waals surface area contributed by atoms with Crippen molar-refractivity contribution < 1.29 is 13.2 Å². The lowest BCUT2D eigenvalue weighted by Gasteiger charge is -2.06. The van der Waals surface area contributed by atoms with E-state index < -0.39 is 17.3 Å². The van der Waals surface area contributed by atoms with E-state index in [-0.39, 0.29) is 11.3 Å².